The molecule has 4 N–H and O–H groups in total. The highest BCUT2D eigenvalue weighted by Gasteiger charge is 2.55. The molecule has 5 rings (SSSR count). The van der Waals surface area contributed by atoms with Crippen LogP contribution in [0.1, 0.15) is 48.9 Å². The molecule has 0 spiro atoms. The lowest BCUT2D eigenvalue weighted by molar-refractivity contribution is -0.123. The Hall–Kier alpha value is -3.66. The molecule has 2 aliphatic rings. The van der Waals surface area contributed by atoms with E-state index in [4.69, 9.17) is 27.4 Å². The van der Waals surface area contributed by atoms with Crippen molar-refractivity contribution in [2.24, 2.45) is 11.1 Å². The normalized spacial score (nSPS) is 18.0. The number of hydrogen-bond donors (Lipinski definition) is 3. The van der Waals surface area contributed by atoms with E-state index in [9.17, 15) is 9.59 Å². The number of aromatic nitrogens is 4. The standard InChI is InChI=1S/C25H28ClN7O3/c26-20-14-28-23(30-17-13-29-33(15-17)18-6-10-32(11-7-18)24(35)36)31-21(20)19(25(8-9-25)22(27)34)12-16-4-2-1-3-5-16/h1-5,13-15,18-19H,6-12H2,(H2,27,34)(H,35,36)(H,28,30,31). The number of piperidine rings is 1. The molecule has 1 saturated carbocycles. The van der Waals surface area contributed by atoms with Crippen LogP contribution < -0.4 is 11.1 Å². The molecule has 2 fully saturated rings. The molecule has 11 heteroatoms. The third-order valence-corrected chi connectivity index (χ3v) is 7.59. The van der Waals surface area contributed by atoms with Gasteiger partial charge >= 0.3 is 6.09 Å². The van der Waals surface area contributed by atoms with E-state index in [0.29, 0.717) is 67.5 Å². The van der Waals surface area contributed by atoms with Crippen LogP contribution in [0.2, 0.25) is 5.02 Å². The molecular formula is C25H28ClN7O3. The van der Waals surface area contributed by atoms with E-state index in [1.807, 2.05) is 41.2 Å². The second kappa shape index (κ2) is 9.77. The molecule has 1 saturated heterocycles. The van der Waals surface area contributed by atoms with Crippen LogP contribution in [0.15, 0.2) is 48.9 Å². The Morgan fingerprint density at radius 1 is 1.19 bits per heavy atom. The number of amides is 2. The van der Waals surface area contributed by atoms with Crippen LogP contribution in [-0.2, 0) is 11.2 Å². The van der Waals surface area contributed by atoms with E-state index in [0.717, 1.165) is 5.56 Å². The molecular weight excluding hydrogens is 482 g/mol. The highest BCUT2D eigenvalue weighted by atomic mass is 35.5. The number of benzene rings is 1. The maximum atomic E-state index is 12.5. The molecule has 1 aromatic carbocycles. The quantitative estimate of drug-likeness (QED) is 0.417. The minimum atomic E-state index is -0.887. The number of likely N-dealkylation sites (tertiary alicyclic amines) is 1. The summed E-state index contributed by atoms with van der Waals surface area (Å²) in [4.78, 5) is 34.1. The number of nitrogens with zero attached hydrogens (tertiary/aromatic N) is 5. The lowest BCUT2D eigenvalue weighted by Gasteiger charge is -2.29. The summed E-state index contributed by atoms with van der Waals surface area (Å²) in [5.74, 6) is -0.244. The van der Waals surface area contributed by atoms with Crippen LogP contribution in [0.4, 0.5) is 16.4 Å². The van der Waals surface area contributed by atoms with E-state index >= 15 is 0 Å². The van der Waals surface area contributed by atoms with Crippen molar-refractivity contribution < 1.29 is 14.7 Å². The Labute approximate surface area is 213 Å². The minimum Gasteiger partial charge on any atom is -0.465 e. The largest absolute Gasteiger partial charge is 0.465 e. The summed E-state index contributed by atoms with van der Waals surface area (Å²) in [6.45, 7) is 0.966. The van der Waals surface area contributed by atoms with Gasteiger partial charge in [-0.25, -0.2) is 14.8 Å². The van der Waals surface area contributed by atoms with E-state index in [2.05, 4.69) is 15.4 Å². The second-order valence-corrected chi connectivity index (χ2v) is 9.93. The summed E-state index contributed by atoms with van der Waals surface area (Å²) in [6, 6.07) is 10.1. The first-order valence-electron chi connectivity index (χ1n) is 12.0. The Kier molecular flexibility index (Phi) is 6.53. The molecule has 1 atom stereocenters. The fourth-order valence-corrected chi connectivity index (χ4v) is 5.27. The van der Waals surface area contributed by atoms with Gasteiger partial charge in [0.05, 0.1) is 40.3 Å². The molecule has 1 aliphatic carbocycles. The number of nitrogens with one attached hydrogen (secondary N) is 1. The van der Waals surface area contributed by atoms with Crippen LogP contribution in [0.5, 0.6) is 0 Å². The molecule has 1 unspecified atom stereocenters. The summed E-state index contributed by atoms with van der Waals surface area (Å²) in [6.07, 6.45) is 7.62. The van der Waals surface area contributed by atoms with Gasteiger partial charge in [-0.1, -0.05) is 41.9 Å². The number of hydrogen-bond acceptors (Lipinski definition) is 6. The zero-order valence-electron chi connectivity index (χ0n) is 19.7. The Bertz CT molecular complexity index is 1250. The van der Waals surface area contributed by atoms with Crippen LogP contribution >= 0.6 is 11.6 Å². The molecule has 1 aliphatic heterocycles. The van der Waals surface area contributed by atoms with E-state index in [-0.39, 0.29) is 17.9 Å². The number of carbonyl (C=O) groups is 2. The van der Waals surface area contributed by atoms with Crippen LogP contribution in [0.25, 0.3) is 0 Å². The number of carbonyl (C=O) groups excluding carboxylic acids is 1. The average molecular weight is 510 g/mol. The molecule has 2 aromatic heterocycles. The highest BCUT2D eigenvalue weighted by molar-refractivity contribution is 6.31. The van der Waals surface area contributed by atoms with Gasteiger partial charge in [0.1, 0.15) is 0 Å². The van der Waals surface area contributed by atoms with Crippen LogP contribution in [-0.4, -0.2) is 54.8 Å². The van der Waals surface area contributed by atoms with Gasteiger partial charge in [0.15, 0.2) is 0 Å². The van der Waals surface area contributed by atoms with Crippen molar-refractivity contribution in [3.05, 3.63) is 65.2 Å². The Morgan fingerprint density at radius 3 is 2.56 bits per heavy atom. The van der Waals surface area contributed by atoms with Gasteiger partial charge < -0.3 is 21.1 Å². The molecule has 0 radical (unpaired) electrons. The van der Waals surface area contributed by atoms with E-state index < -0.39 is 11.5 Å². The van der Waals surface area contributed by atoms with Gasteiger partial charge in [-0.05, 0) is 37.7 Å². The third kappa shape index (κ3) is 4.86. The maximum absolute atomic E-state index is 12.5. The predicted molar refractivity (Wildman–Crippen MR) is 134 cm³/mol. The van der Waals surface area contributed by atoms with E-state index in [1.165, 1.54) is 4.90 Å². The molecule has 0 bridgehead atoms. The van der Waals surface area contributed by atoms with Gasteiger partial charge in [0.2, 0.25) is 11.9 Å². The first-order chi connectivity index (χ1) is 17.4. The second-order valence-electron chi connectivity index (χ2n) is 9.52. The maximum Gasteiger partial charge on any atom is 0.407 e. The number of anilines is 2. The number of nitrogens with two attached hydrogens (primary N) is 1. The third-order valence-electron chi connectivity index (χ3n) is 7.30. The fraction of sp³-hybridized carbons (Fsp3) is 0.400. The van der Waals surface area contributed by atoms with Crippen molar-refractivity contribution in [2.75, 3.05) is 18.4 Å². The number of primary amides is 1. The Morgan fingerprint density at radius 2 is 1.92 bits per heavy atom. The summed E-state index contributed by atoms with van der Waals surface area (Å²) in [5, 5.41) is 17.2. The highest BCUT2D eigenvalue weighted by Crippen LogP contribution is 2.57. The average Bonchev–Trinajstić information content (AvgIpc) is 3.57. The van der Waals surface area contributed by atoms with Gasteiger partial charge in [-0.15, -0.1) is 0 Å². The van der Waals surface area contributed by atoms with Crippen molar-refractivity contribution in [3.63, 3.8) is 0 Å². The Balaban J connectivity index is 1.36. The first kappa shape index (κ1) is 24.1. The zero-order chi connectivity index (χ0) is 25.3. The predicted octanol–water partition coefficient (Wildman–Crippen LogP) is 3.98. The SMILES string of the molecule is NC(=O)C1(C(Cc2ccccc2)c2nc(Nc3cnn(C4CCN(C(=O)O)CC4)c3)ncc2Cl)CC1. The van der Waals surface area contributed by atoms with Crippen LogP contribution in [0, 0.1) is 5.41 Å². The minimum absolute atomic E-state index is 0.124. The summed E-state index contributed by atoms with van der Waals surface area (Å²) < 4.78 is 1.85. The molecule has 2 amide bonds. The smallest absolute Gasteiger partial charge is 0.407 e. The molecule has 3 aromatic rings. The van der Waals surface area contributed by atoms with Crippen molar-refractivity contribution in [3.8, 4) is 0 Å². The van der Waals surface area contributed by atoms with Gasteiger partial charge in [-0.2, -0.15) is 5.10 Å². The monoisotopic (exact) mass is 509 g/mol. The summed E-state index contributed by atoms with van der Waals surface area (Å²) in [7, 11) is 0. The lowest BCUT2D eigenvalue weighted by atomic mass is 9.81. The summed E-state index contributed by atoms with van der Waals surface area (Å²) >= 11 is 6.57. The van der Waals surface area contributed by atoms with Crippen molar-refractivity contribution in [1.82, 2.24) is 24.6 Å². The van der Waals surface area contributed by atoms with Gasteiger partial charge in [-0.3, -0.25) is 9.48 Å². The molecule has 36 heavy (non-hydrogen) atoms. The molecule has 188 valence electrons. The van der Waals surface area contributed by atoms with Gasteiger partial charge in [0, 0.05) is 25.2 Å². The number of rotatable bonds is 8. The first-order valence-corrected chi connectivity index (χ1v) is 12.4. The fourth-order valence-electron chi connectivity index (χ4n) is 5.04. The molecule has 10 nitrogen and oxygen atoms in total. The van der Waals surface area contributed by atoms with Crippen molar-refractivity contribution >= 4 is 35.2 Å². The zero-order valence-corrected chi connectivity index (χ0v) is 20.4. The summed E-state index contributed by atoms with van der Waals surface area (Å²) in [5.41, 5.74) is 7.57. The van der Waals surface area contributed by atoms with Gasteiger partial charge in [0.25, 0.3) is 0 Å². The van der Waals surface area contributed by atoms with Crippen LogP contribution in [0.3, 0.4) is 0 Å². The number of halogens is 1. The lowest BCUT2D eigenvalue weighted by Crippen LogP contribution is -2.38. The number of carboxylic acid groups (broad SMARTS) is 1. The van der Waals surface area contributed by atoms with Crippen molar-refractivity contribution in [1.29, 1.82) is 0 Å². The van der Waals surface area contributed by atoms with Crippen molar-refractivity contribution in [2.45, 2.75) is 44.1 Å². The molecule has 3 heterocycles. The topological polar surface area (TPSA) is 139 Å². The van der Waals surface area contributed by atoms with E-state index in [1.54, 1.807) is 12.4 Å².